The van der Waals surface area contributed by atoms with Gasteiger partial charge in [-0.05, 0) is 30.2 Å². The molecule has 2 aromatic carbocycles. The molecule has 2 rings (SSSR count). The summed E-state index contributed by atoms with van der Waals surface area (Å²) >= 11 is 0. The molecule has 0 aliphatic heterocycles. The van der Waals surface area contributed by atoms with E-state index in [1.54, 1.807) is 4.90 Å². The highest BCUT2D eigenvalue weighted by atomic mass is 19.1. The van der Waals surface area contributed by atoms with Gasteiger partial charge >= 0.3 is 5.97 Å². The number of hydrogen-bond donors (Lipinski definition) is 1. The number of hydrogen-bond acceptors (Lipinski definition) is 3. The molecule has 0 aliphatic carbocycles. The average Bonchev–Trinajstić information content (AvgIpc) is 2.61. The summed E-state index contributed by atoms with van der Waals surface area (Å²) in [6, 6.07) is 13.3. The Morgan fingerprint density at radius 3 is 2.52 bits per heavy atom. The standard InChI is InChI=1S/C19H20FNO4/c1-25-17-12-15(9-10-16(17)20)19(24)21(11-5-8-18(22)23)13-14-6-3-2-4-7-14/h2-4,6-7,9-10,12H,5,8,11,13H2,1H3,(H,22,23). The summed E-state index contributed by atoms with van der Waals surface area (Å²) in [4.78, 5) is 25.1. The number of carboxylic acid groups (broad SMARTS) is 1. The number of amides is 1. The van der Waals surface area contributed by atoms with Crippen LogP contribution < -0.4 is 4.74 Å². The molecule has 25 heavy (non-hydrogen) atoms. The fourth-order valence-corrected chi connectivity index (χ4v) is 2.45. The van der Waals surface area contributed by atoms with E-state index >= 15 is 0 Å². The van der Waals surface area contributed by atoms with Crippen molar-refractivity contribution < 1.29 is 23.8 Å². The quantitative estimate of drug-likeness (QED) is 0.797. The monoisotopic (exact) mass is 345 g/mol. The smallest absolute Gasteiger partial charge is 0.303 e. The minimum atomic E-state index is -0.907. The Bertz CT molecular complexity index is 733. The third-order valence-electron chi connectivity index (χ3n) is 3.72. The van der Waals surface area contributed by atoms with Crippen LogP contribution in [-0.4, -0.2) is 35.5 Å². The van der Waals surface area contributed by atoms with E-state index in [0.29, 0.717) is 25.1 Å². The number of rotatable bonds is 8. The number of ether oxygens (including phenoxy) is 1. The van der Waals surface area contributed by atoms with Crippen LogP contribution in [0.4, 0.5) is 4.39 Å². The van der Waals surface area contributed by atoms with Crippen molar-refractivity contribution in [3.63, 3.8) is 0 Å². The van der Waals surface area contributed by atoms with Crippen LogP contribution in [0, 0.1) is 5.82 Å². The second-order valence-corrected chi connectivity index (χ2v) is 5.56. The van der Waals surface area contributed by atoms with E-state index in [4.69, 9.17) is 9.84 Å². The van der Waals surface area contributed by atoms with Crippen LogP contribution in [0.15, 0.2) is 48.5 Å². The normalized spacial score (nSPS) is 10.3. The first kappa shape index (κ1) is 18.4. The first-order chi connectivity index (χ1) is 12.0. The second kappa shape index (κ2) is 8.82. The lowest BCUT2D eigenvalue weighted by Gasteiger charge is -2.23. The van der Waals surface area contributed by atoms with Crippen molar-refractivity contribution in [3.8, 4) is 5.75 Å². The summed E-state index contributed by atoms with van der Waals surface area (Å²) < 4.78 is 18.5. The molecule has 0 radical (unpaired) electrons. The van der Waals surface area contributed by atoms with Crippen LogP contribution in [0.3, 0.4) is 0 Å². The molecule has 0 aliphatic rings. The molecule has 0 bridgehead atoms. The fourth-order valence-electron chi connectivity index (χ4n) is 2.45. The first-order valence-electron chi connectivity index (χ1n) is 7.90. The molecule has 0 heterocycles. The predicted octanol–water partition coefficient (Wildman–Crippen LogP) is 3.34. The van der Waals surface area contributed by atoms with Crippen molar-refractivity contribution in [1.82, 2.24) is 4.90 Å². The van der Waals surface area contributed by atoms with Gasteiger partial charge in [0.2, 0.25) is 0 Å². The molecule has 0 unspecified atom stereocenters. The zero-order valence-corrected chi connectivity index (χ0v) is 13.9. The van der Waals surface area contributed by atoms with Gasteiger partial charge in [0, 0.05) is 25.1 Å². The SMILES string of the molecule is COc1cc(C(=O)N(CCCC(=O)O)Cc2ccccc2)ccc1F. The van der Waals surface area contributed by atoms with Gasteiger partial charge in [-0.2, -0.15) is 0 Å². The maximum absolute atomic E-state index is 13.6. The number of methoxy groups -OCH3 is 1. The molecule has 0 saturated carbocycles. The zero-order chi connectivity index (χ0) is 18.2. The van der Waals surface area contributed by atoms with Crippen molar-refractivity contribution >= 4 is 11.9 Å². The number of carboxylic acids is 1. The summed E-state index contributed by atoms with van der Waals surface area (Å²) in [7, 11) is 1.33. The van der Waals surface area contributed by atoms with E-state index in [0.717, 1.165) is 5.56 Å². The van der Waals surface area contributed by atoms with Gasteiger partial charge in [-0.15, -0.1) is 0 Å². The largest absolute Gasteiger partial charge is 0.494 e. The van der Waals surface area contributed by atoms with Crippen molar-refractivity contribution in [2.75, 3.05) is 13.7 Å². The number of halogens is 1. The molecule has 0 aromatic heterocycles. The highest BCUT2D eigenvalue weighted by Crippen LogP contribution is 2.20. The van der Waals surface area contributed by atoms with Gasteiger partial charge in [-0.1, -0.05) is 30.3 Å². The number of nitrogens with zero attached hydrogens (tertiary/aromatic N) is 1. The van der Waals surface area contributed by atoms with Crippen molar-refractivity contribution in [1.29, 1.82) is 0 Å². The maximum Gasteiger partial charge on any atom is 0.303 e. The van der Waals surface area contributed by atoms with Gasteiger partial charge in [-0.25, -0.2) is 4.39 Å². The molecular formula is C19H20FNO4. The van der Waals surface area contributed by atoms with Crippen LogP contribution in [0.25, 0.3) is 0 Å². The Kier molecular flexibility index (Phi) is 6.51. The molecular weight excluding hydrogens is 325 g/mol. The molecule has 0 atom stereocenters. The van der Waals surface area contributed by atoms with Gasteiger partial charge in [0.1, 0.15) is 0 Å². The lowest BCUT2D eigenvalue weighted by Crippen LogP contribution is -2.32. The van der Waals surface area contributed by atoms with Crippen LogP contribution in [0.1, 0.15) is 28.8 Å². The summed E-state index contributed by atoms with van der Waals surface area (Å²) in [6.45, 7) is 0.638. The molecule has 1 N–H and O–H groups in total. The highest BCUT2D eigenvalue weighted by molar-refractivity contribution is 5.94. The fraction of sp³-hybridized carbons (Fsp3) is 0.263. The van der Waals surface area contributed by atoms with Crippen LogP contribution in [0.5, 0.6) is 5.75 Å². The Balaban J connectivity index is 2.20. The first-order valence-corrected chi connectivity index (χ1v) is 7.90. The summed E-state index contributed by atoms with van der Waals surface area (Å²) in [5.74, 6) is -1.75. The van der Waals surface area contributed by atoms with Crippen LogP contribution in [-0.2, 0) is 11.3 Å². The van der Waals surface area contributed by atoms with E-state index in [-0.39, 0.29) is 18.1 Å². The zero-order valence-electron chi connectivity index (χ0n) is 13.9. The molecule has 132 valence electrons. The minimum absolute atomic E-state index is 0.00366. The lowest BCUT2D eigenvalue weighted by molar-refractivity contribution is -0.137. The van der Waals surface area contributed by atoms with Gasteiger partial charge in [0.25, 0.3) is 5.91 Å². The third kappa shape index (κ3) is 5.31. The van der Waals surface area contributed by atoms with E-state index in [9.17, 15) is 14.0 Å². The van der Waals surface area contributed by atoms with Crippen LogP contribution >= 0.6 is 0 Å². The molecule has 0 saturated heterocycles. The van der Waals surface area contributed by atoms with Gasteiger partial charge in [0.15, 0.2) is 11.6 Å². The Morgan fingerprint density at radius 1 is 1.16 bits per heavy atom. The van der Waals surface area contributed by atoms with E-state index in [2.05, 4.69) is 0 Å². The highest BCUT2D eigenvalue weighted by Gasteiger charge is 2.18. The number of aliphatic carboxylic acids is 1. The van der Waals surface area contributed by atoms with Gasteiger partial charge in [-0.3, -0.25) is 9.59 Å². The summed E-state index contributed by atoms with van der Waals surface area (Å²) in [5, 5.41) is 8.81. The minimum Gasteiger partial charge on any atom is -0.494 e. The second-order valence-electron chi connectivity index (χ2n) is 5.56. The summed E-state index contributed by atoms with van der Waals surface area (Å²) in [5.41, 5.74) is 1.23. The van der Waals surface area contributed by atoms with E-state index in [1.807, 2.05) is 30.3 Å². The Morgan fingerprint density at radius 2 is 1.88 bits per heavy atom. The average molecular weight is 345 g/mol. The molecule has 0 spiro atoms. The molecule has 1 amide bonds. The summed E-state index contributed by atoms with van der Waals surface area (Å²) in [6.07, 6.45) is 0.317. The lowest BCUT2D eigenvalue weighted by atomic mass is 10.1. The number of carbonyl (C=O) groups excluding carboxylic acids is 1. The topological polar surface area (TPSA) is 66.8 Å². The van der Waals surface area contributed by atoms with Crippen LogP contribution in [0.2, 0.25) is 0 Å². The Hall–Kier alpha value is -2.89. The molecule has 2 aromatic rings. The van der Waals surface area contributed by atoms with E-state index in [1.165, 1.54) is 25.3 Å². The number of benzene rings is 2. The maximum atomic E-state index is 13.6. The van der Waals surface area contributed by atoms with Crippen molar-refractivity contribution in [2.45, 2.75) is 19.4 Å². The van der Waals surface area contributed by atoms with Crippen molar-refractivity contribution in [3.05, 3.63) is 65.5 Å². The van der Waals surface area contributed by atoms with Crippen molar-refractivity contribution in [2.24, 2.45) is 0 Å². The Labute approximate surface area is 145 Å². The third-order valence-corrected chi connectivity index (χ3v) is 3.72. The van der Waals surface area contributed by atoms with Gasteiger partial charge < -0.3 is 14.7 Å². The predicted molar refractivity (Wildman–Crippen MR) is 91.0 cm³/mol. The van der Waals surface area contributed by atoms with E-state index < -0.39 is 11.8 Å². The molecule has 0 fully saturated rings. The number of carbonyl (C=O) groups is 2. The van der Waals surface area contributed by atoms with Gasteiger partial charge in [0.05, 0.1) is 7.11 Å². The molecule has 6 heteroatoms. The molecule has 5 nitrogen and oxygen atoms in total.